The van der Waals surface area contributed by atoms with E-state index in [9.17, 15) is 0 Å². The first-order chi connectivity index (χ1) is 10.2. The Kier molecular flexibility index (Phi) is 6.33. The molecule has 1 aliphatic rings. The maximum absolute atomic E-state index is 6.06. The lowest BCUT2D eigenvalue weighted by atomic mass is 9.97. The number of benzene rings is 1. The topological polar surface area (TPSA) is 47.7 Å². The van der Waals surface area contributed by atoms with Gasteiger partial charge in [-0.25, -0.2) is 0 Å². The molecular weight excluding hydrogens is 264 g/mol. The minimum Gasteiger partial charge on any atom is -0.494 e. The quantitative estimate of drug-likeness (QED) is 0.839. The summed E-state index contributed by atoms with van der Waals surface area (Å²) in [5.74, 6) is 2.48. The highest BCUT2D eigenvalue weighted by molar-refractivity contribution is 5.31. The summed E-state index contributed by atoms with van der Waals surface area (Å²) in [6.07, 6.45) is 2.16. The first-order valence-electron chi connectivity index (χ1n) is 8.01. The van der Waals surface area contributed by atoms with Crippen LogP contribution in [0.15, 0.2) is 24.3 Å². The van der Waals surface area contributed by atoms with Crippen molar-refractivity contribution >= 4 is 0 Å². The molecule has 1 heterocycles. The Balaban J connectivity index is 1.70. The Morgan fingerprint density at radius 2 is 1.71 bits per heavy atom. The maximum atomic E-state index is 6.06. The van der Waals surface area contributed by atoms with Gasteiger partial charge in [0.2, 0.25) is 0 Å². The van der Waals surface area contributed by atoms with Crippen molar-refractivity contribution in [1.29, 1.82) is 0 Å². The van der Waals surface area contributed by atoms with Gasteiger partial charge in [0.1, 0.15) is 18.1 Å². The third-order valence-electron chi connectivity index (χ3n) is 3.74. The molecule has 0 aromatic heterocycles. The van der Waals surface area contributed by atoms with E-state index in [-0.39, 0.29) is 0 Å². The molecule has 1 aliphatic heterocycles. The predicted molar refractivity (Wildman–Crippen MR) is 85.9 cm³/mol. The number of likely N-dealkylation sites (tertiary alicyclic amines) is 1. The van der Waals surface area contributed by atoms with E-state index in [1.165, 1.54) is 0 Å². The van der Waals surface area contributed by atoms with Crippen LogP contribution in [-0.4, -0.2) is 43.8 Å². The molecule has 2 unspecified atom stereocenters. The molecule has 2 N–H and O–H groups in total. The van der Waals surface area contributed by atoms with E-state index >= 15 is 0 Å². The lowest BCUT2D eigenvalue weighted by molar-refractivity contribution is 0.140. The highest BCUT2D eigenvalue weighted by atomic mass is 16.5. The molecule has 0 spiro atoms. The van der Waals surface area contributed by atoms with Crippen molar-refractivity contribution in [3.63, 3.8) is 0 Å². The van der Waals surface area contributed by atoms with E-state index in [0.717, 1.165) is 50.6 Å². The van der Waals surface area contributed by atoms with E-state index in [2.05, 4.69) is 18.7 Å². The third kappa shape index (κ3) is 5.56. The molecule has 0 amide bonds. The number of hydrogen-bond donors (Lipinski definition) is 1. The number of nitrogens with two attached hydrogens (primary N) is 1. The van der Waals surface area contributed by atoms with Gasteiger partial charge in [0, 0.05) is 25.7 Å². The van der Waals surface area contributed by atoms with Crippen molar-refractivity contribution in [1.82, 2.24) is 4.90 Å². The molecule has 1 aromatic carbocycles. The van der Waals surface area contributed by atoms with Crippen molar-refractivity contribution in [3.8, 4) is 11.5 Å². The molecule has 4 heteroatoms. The van der Waals surface area contributed by atoms with Gasteiger partial charge in [0.05, 0.1) is 6.61 Å². The highest BCUT2D eigenvalue weighted by Gasteiger charge is 2.21. The maximum Gasteiger partial charge on any atom is 0.119 e. The fourth-order valence-corrected chi connectivity index (χ4v) is 2.84. The van der Waals surface area contributed by atoms with Crippen LogP contribution in [0.25, 0.3) is 0 Å². The number of piperidine rings is 1. The van der Waals surface area contributed by atoms with Gasteiger partial charge in [0.15, 0.2) is 0 Å². The first kappa shape index (κ1) is 16.1. The summed E-state index contributed by atoms with van der Waals surface area (Å²) in [5.41, 5.74) is 6.06. The second kappa shape index (κ2) is 8.25. The lowest BCUT2D eigenvalue weighted by Crippen LogP contribution is -2.47. The molecule has 2 rings (SSSR count). The fourth-order valence-electron chi connectivity index (χ4n) is 2.84. The Hall–Kier alpha value is -1.26. The molecule has 0 radical (unpaired) electrons. The van der Waals surface area contributed by atoms with Gasteiger partial charge in [-0.2, -0.15) is 0 Å². The molecule has 1 aromatic rings. The molecule has 0 saturated carbocycles. The molecular formula is C17H28N2O2. The Labute approximate surface area is 128 Å². The van der Waals surface area contributed by atoms with Gasteiger partial charge in [-0.15, -0.1) is 0 Å². The standard InChI is InChI=1S/C17H28N2O2/c1-3-9-20-16-4-6-17(7-5-16)21-10-8-19-12-14(2)11-15(18)13-19/h4-7,14-15H,3,8-13,18H2,1-2H3. The zero-order chi connectivity index (χ0) is 15.1. The summed E-state index contributed by atoms with van der Waals surface area (Å²) in [5, 5.41) is 0. The summed E-state index contributed by atoms with van der Waals surface area (Å²) < 4.78 is 11.4. The average Bonchev–Trinajstić information content (AvgIpc) is 2.45. The number of hydrogen-bond acceptors (Lipinski definition) is 4. The van der Waals surface area contributed by atoms with Crippen LogP contribution in [0.3, 0.4) is 0 Å². The van der Waals surface area contributed by atoms with Crippen LogP contribution >= 0.6 is 0 Å². The number of nitrogens with zero attached hydrogens (tertiary/aromatic N) is 1. The molecule has 118 valence electrons. The highest BCUT2D eigenvalue weighted by Crippen LogP contribution is 2.18. The average molecular weight is 292 g/mol. The monoisotopic (exact) mass is 292 g/mol. The smallest absolute Gasteiger partial charge is 0.119 e. The zero-order valence-electron chi connectivity index (χ0n) is 13.3. The van der Waals surface area contributed by atoms with Gasteiger partial charge in [-0.05, 0) is 43.0 Å². The Bertz CT molecular complexity index is 398. The van der Waals surface area contributed by atoms with Crippen LogP contribution in [0.4, 0.5) is 0 Å². The minimum atomic E-state index is 0.309. The second-order valence-electron chi connectivity index (χ2n) is 6.03. The Morgan fingerprint density at radius 3 is 2.29 bits per heavy atom. The molecule has 4 nitrogen and oxygen atoms in total. The molecule has 1 fully saturated rings. The van der Waals surface area contributed by atoms with Crippen molar-refractivity contribution in [2.75, 3.05) is 32.8 Å². The molecule has 2 atom stereocenters. The summed E-state index contributed by atoms with van der Waals surface area (Å²) in [7, 11) is 0. The second-order valence-corrected chi connectivity index (χ2v) is 6.03. The van der Waals surface area contributed by atoms with Gasteiger partial charge in [-0.3, -0.25) is 4.90 Å². The summed E-state index contributed by atoms with van der Waals surface area (Å²) >= 11 is 0. The van der Waals surface area contributed by atoms with E-state index in [4.69, 9.17) is 15.2 Å². The van der Waals surface area contributed by atoms with Crippen molar-refractivity contribution in [3.05, 3.63) is 24.3 Å². The van der Waals surface area contributed by atoms with Crippen molar-refractivity contribution in [2.24, 2.45) is 11.7 Å². The largest absolute Gasteiger partial charge is 0.494 e. The summed E-state index contributed by atoms with van der Waals surface area (Å²) in [4.78, 5) is 2.40. The molecule has 0 bridgehead atoms. The SMILES string of the molecule is CCCOc1ccc(OCCN2CC(C)CC(N)C2)cc1. The summed E-state index contributed by atoms with van der Waals surface area (Å²) in [6, 6.07) is 8.17. The predicted octanol–water partition coefficient (Wildman–Crippen LogP) is 2.52. The van der Waals surface area contributed by atoms with Gasteiger partial charge in [0.25, 0.3) is 0 Å². The van der Waals surface area contributed by atoms with E-state index in [1.54, 1.807) is 0 Å². The van der Waals surface area contributed by atoms with Crippen LogP contribution in [0, 0.1) is 5.92 Å². The third-order valence-corrected chi connectivity index (χ3v) is 3.74. The van der Waals surface area contributed by atoms with Crippen LogP contribution in [0.1, 0.15) is 26.7 Å². The number of rotatable bonds is 7. The summed E-state index contributed by atoms with van der Waals surface area (Å²) in [6.45, 7) is 8.87. The number of ether oxygens (including phenoxy) is 2. The van der Waals surface area contributed by atoms with Crippen molar-refractivity contribution in [2.45, 2.75) is 32.7 Å². The van der Waals surface area contributed by atoms with E-state index in [0.29, 0.717) is 18.6 Å². The minimum absolute atomic E-state index is 0.309. The Morgan fingerprint density at radius 1 is 1.10 bits per heavy atom. The first-order valence-corrected chi connectivity index (χ1v) is 8.01. The molecule has 21 heavy (non-hydrogen) atoms. The van der Waals surface area contributed by atoms with Gasteiger partial charge in [-0.1, -0.05) is 13.8 Å². The van der Waals surface area contributed by atoms with Crippen molar-refractivity contribution < 1.29 is 9.47 Å². The van der Waals surface area contributed by atoms with Crippen LogP contribution in [0.2, 0.25) is 0 Å². The lowest BCUT2D eigenvalue weighted by Gasteiger charge is -2.34. The fraction of sp³-hybridized carbons (Fsp3) is 0.647. The normalized spacial score (nSPS) is 23.0. The van der Waals surface area contributed by atoms with Crippen LogP contribution in [0.5, 0.6) is 11.5 Å². The zero-order valence-corrected chi connectivity index (χ0v) is 13.3. The van der Waals surface area contributed by atoms with E-state index < -0.39 is 0 Å². The van der Waals surface area contributed by atoms with E-state index in [1.807, 2.05) is 24.3 Å². The van der Waals surface area contributed by atoms with Gasteiger partial charge >= 0.3 is 0 Å². The molecule has 1 saturated heterocycles. The molecule has 0 aliphatic carbocycles. The van der Waals surface area contributed by atoms with Crippen LogP contribution in [-0.2, 0) is 0 Å². The van der Waals surface area contributed by atoms with Gasteiger partial charge < -0.3 is 15.2 Å². The van der Waals surface area contributed by atoms with Crippen LogP contribution < -0.4 is 15.2 Å².